The van der Waals surface area contributed by atoms with Crippen molar-refractivity contribution in [2.45, 2.75) is 201 Å². The van der Waals surface area contributed by atoms with E-state index >= 15 is 0 Å². The van der Waals surface area contributed by atoms with E-state index in [1.165, 1.54) is 36.1 Å². The van der Waals surface area contributed by atoms with Crippen LogP contribution >= 0.6 is 0 Å². The van der Waals surface area contributed by atoms with Gasteiger partial charge in [0.1, 0.15) is 13.1 Å². The molecule has 13 heteroatoms. The zero-order valence-electron chi connectivity index (χ0n) is 43.0. The number of amides is 2. The first kappa shape index (κ1) is 53.5. The van der Waals surface area contributed by atoms with Gasteiger partial charge in [0.2, 0.25) is 11.8 Å². The van der Waals surface area contributed by atoms with Gasteiger partial charge in [0.25, 0.3) is 0 Å². The molecule has 7 N–H and O–H groups in total. The summed E-state index contributed by atoms with van der Waals surface area (Å²) in [4.78, 5) is 49.7. The first-order chi connectivity index (χ1) is 31.9. The van der Waals surface area contributed by atoms with Gasteiger partial charge in [-0.2, -0.15) is 0 Å². The Morgan fingerprint density at radius 1 is 0.559 bits per heavy atom. The molecule has 0 aromatic carbocycles. The third kappa shape index (κ3) is 9.81. The average Bonchev–Trinajstić information content (AvgIpc) is 3.82. The van der Waals surface area contributed by atoms with Crippen LogP contribution in [-0.4, -0.2) is 127 Å². The summed E-state index contributed by atoms with van der Waals surface area (Å²) in [6.07, 6.45) is 15.0. The van der Waals surface area contributed by atoms with Gasteiger partial charge in [0.05, 0.1) is 30.5 Å². The quantitative estimate of drug-likeness (QED) is 0.0977. The van der Waals surface area contributed by atoms with Gasteiger partial charge >= 0.3 is 11.9 Å². The van der Waals surface area contributed by atoms with E-state index in [9.17, 15) is 44.7 Å². The van der Waals surface area contributed by atoms with Gasteiger partial charge in [0.15, 0.2) is 0 Å². The van der Waals surface area contributed by atoms with E-state index in [1.54, 1.807) is 0 Å². The number of carboxylic acid groups (broad SMARTS) is 2. The molecule has 0 spiro atoms. The Morgan fingerprint density at radius 2 is 1.03 bits per heavy atom. The molecule has 0 aliphatic heterocycles. The second kappa shape index (κ2) is 20.7. The monoisotopic (exact) mass is 957 g/mol. The van der Waals surface area contributed by atoms with Gasteiger partial charge < -0.3 is 45.5 Å². The summed E-state index contributed by atoms with van der Waals surface area (Å²) in [6, 6.07) is 0. The summed E-state index contributed by atoms with van der Waals surface area (Å²) in [7, 11) is 1.53. The summed E-state index contributed by atoms with van der Waals surface area (Å²) in [5, 5.41) is 72.9. The minimum absolute atomic E-state index is 0.0543. The molecule has 0 aromatic heterocycles. The molecule has 8 aliphatic rings. The van der Waals surface area contributed by atoms with Crippen molar-refractivity contribution in [3.8, 4) is 0 Å². The topological polar surface area (TPSA) is 216 Å². The van der Waals surface area contributed by atoms with Gasteiger partial charge in [-0.1, -0.05) is 41.5 Å². The third-order valence-electron chi connectivity index (χ3n) is 22.4. The smallest absolute Gasteiger partial charge is 0.323 e. The van der Waals surface area contributed by atoms with Gasteiger partial charge in [-0.3, -0.25) is 19.2 Å². The number of aliphatic hydroxyl groups excluding tert-OH is 5. The fraction of sp³-hybridized carbons (Fsp3) is 0.927. The van der Waals surface area contributed by atoms with Crippen LogP contribution < -0.4 is 0 Å². The number of hydrogen-bond acceptors (Lipinski definition) is 9. The Kier molecular flexibility index (Phi) is 16.2. The minimum Gasteiger partial charge on any atom is -0.480 e. The van der Waals surface area contributed by atoms with E-state index in [-0.39, 0.29) is 101 Å². The van der Waals surface area contributed by atoms with E-state index < -0.39 is 18.0 Å². The molecule has 8 fully saturated rings. The molecule has 0 heterocycles. The molecule has 2 amide bonds. The molecule has 8 rings (SSSR count). The Morgan fingerprint density at radius 3 is 1.59 bits per heavy atom. The summed E-state index contributed by atoms with van der Waals surface area (Å²) < 4.78 is 0. The molecular weight excluding hydrogens is 865 g/mol. The van der Waals surface area contributed by atoms with Crippen molar-refractivity contribution < 1.29 is 54.9 Å². The van der Waals surface area contributed by atoms with Crippen molar-refractivity contribution in [1.29, 1.82) is 0 Å². The van der Waals surface area contributed by atoms with Crippen LogP contribution in [0.1, 0.15) is 170 Å². The highest BCUT2D eigenvalue weighted by molar-refractivity contribution is 5.81. The number of nitrogens with zero attached hydrogens (tertiary/aromatic N) is 2. The van der Waals surface area contributed by atoms with Crippen molar-refractivity contribution in [3.63, 3.8) is 0 Å². The lowest BCUT2D eigenvalue weighted by Gasteiger charge is -2.63. The summed E-state index contributed by atoms with van der Waals surface area (Å²) in [5.74, 6) is 2.22. The highest BCUT2D eigenvalue weighted by Crippen LogP contribution is 2.70. The standard InChI is InChI=1S/C28H47NO5.C27H45NO6/c1-5-29(16-25(33)34)24(32)9-6-17(2)20-7-8-21-26-22(11-13-28(20,21)4)27(3)12-10-19(30)14-18(27)15-23(26)31;1-15(5-8-23(32)28(4)14-24(33)34)18-6-7-19-25-20(13-22(31)27(18,19)3)26(2)10-9-17(29)11-16(26)12-21(25)30/h17-23,26,30-31H,5-16H2,1-4H3,(H,33,34);15-22,25,29-31H,5-14H2,1-4H3,(H,33,34)/t17-,18+,19-,20-,21+,22+,23+,26+,27+,28-;15-,16+,17-,18-,19+,20+,21-,22+,25+,26+,27-/m11/s1. The number of aliphatic hydroxyl groups is 5. The molecule has 13 nitrogen and oxygen atoms in total. The molecule has 21 atom stereocenters. The molecule has 388 valence electrons. The SMILES string of the molecule is CCN(CC(=O)O)C(=O)CC[C@@H](C)[C@H]1CC[C@H]2[C@@H]3[C@@H](O)C[C@@H]4C[C@H](O)CC[C@]4(C)[C@H]3CC[C@]12C.C[C@H](CCC(=O)N(C)CC(=O)O)[C@H]1CC[C@H]2[C@@H]3[C@H](O)C[C@@H]4C[C@H](O)CC[C@]4(C)[C@H]3C[C@H](O)[C@]12C. The number of carbonyl (C=O) groups is 4. The first-order valence-electron chi connectivity index (χ1n) is 27.3. The number of aliphatic carboxylic acids is 2. The van der Waals surface area contributed by atoms with Gasteiger partial charge in [-0.05, 0) is 209 Å². The lowest BCUT2D eigenvalue weighted by Crippen LogP contribution is -2.62. The van der Waals surface area contributed by atoms with Crippen LogP contribution in [0.4, 0.5) is 0 Å². The zero-order chi connectivity index (χ0) is 49.8. The van der Waals surface area contributed by atoms with Crippen molar-refractivity contribution in [2.75, 3.05) is 26.7 Å². The molecular formula is C55H92N2O11. The zero-order valence-corrected chi connectivity index (χ0v) is 43.0. The molecule has 0 bridgehead atoms. The lowest BCUT2D eigenvalue weighted by molar-refractivity contribution is -0.207. The Labute approximate surface area is 407 Å². The number of carbonyl (C=O) groups excluding carboxylic acids is 2. The largest absolute Gasteiger partial charge is 0.480 e. The molecule has 68 heavy (non-hydrogen) atoms. The van der Waals surface area contributed by atoms with Gasteiger partial charge in [-0.25, -0.2) is 0 Å². The Balaban J connectivity index is 0.000000201. The summed E-state index contributed by atoms with van der Waals surface area (Å²) in [5.41, 5.74) is 0.229. The number of likely N-dealkylation sites (N-methyl/N-ethyl adjacent to an activating group) is 2. The Bertz CT molecular complexity index is 1820. The van der Waals surface area contributed by atoms with Crippen molar-refractivity contribution in [1.82, 2.24) is 9.80 Å². The second-order valence-electron chi connectivity index (χ2n) is 25.5. The lowest BCUT2D eigenvalue weighted by atomic mass is 9.43. The molecule has 0 aromatic rings. The van der Waals surface area contributed by atoms with Gasteiger partial charge in [0, 0.05) is 26.4 Å². The first-order valence-corrected chi connectivity index (χ1v) is 27.3. The van der Waals surface area contributed by atoms with Crippen molar-refractivity contribution in [2.24, 2.45) is 92.7 Å². The number of hydrogen-bond donors (Lipinski definition) is 7. The van der Waals surface area contributed by atoms with E-state index in [2.05, 4.69) is 41.5 Å². The summed E-state index contributed by atoms with van der Waals surface area (Å²) in [6.45, 7) is 15.7. The highest BCUT2D eigenvalue weighted by atomic mass is 16.4. The van der Waals surface area contributed by atoms with Crippen LogP contribution in [-0.2, 0) is 19.2 Å². The molecule has 8 saturated carbocycles. The Hall–Kier alpha value is -2.32. The number of fused-ring (bicyclic) bond motifs is 10. The summed E-state index contributed by atoms with van der Waals surface area (Å²) >= 11 is 0. The maximum absolute atomic E-state index is 12.6. The maximum atomic E-state index is 12.6. The molecule has 0 unspecified atom stereocenters. The van der Waals surface area contributed by atoms with E-state index in [4.69, 9.17) is 10.2 Å². The third-order valence-corrected chi connectivity index (χ3v) is 22.4. The van der Waals surface area contributed by atoms with Crippen molar-refractivity contribution in [3.05, 3.63) is 0 Å². The number of rotatable bonds is 13. The van der Waals surface area contributed by atoms with Crippen LogP contribution in [0.15, 0.2) is 0 Å². The van der Waals surface area contributed by atoms with E-state index in [0.717, 1.165) is 77.0 Å². The van der Waals surface area contributed by atoms with Crippen LogP contribution in [0.25, 0.3) is 0 Å². The molecule has 0 saturated heterocycles. The van der Waals surface area contributed by atoms with Crippen LogP contribution in [0, 0.1) is 92.7 Å². The van der Waals surface area contributed by atoms with Crippen molar-refractivity contribution >= 4 is 23.8 Å². The van der Waals surface area contributed by atoms with E-state index in [0.29, 0.717) is 73.7 Å². The fourth-order valence-electron chi connectivity index (χ4n) is 18.6. The molecule has 8 aliphatic carbocycles. The van der Waals surface area contributed by atoms with E-state index in [1.807, 2.05) is 6.92 Å². The average molecular weight is 957 g/mol. The van der Waals surface area contributed by atoms with Crippen LogP contribution in [0.5, 0.6) is 0 Å². The highest BCUT2D eigenvalue weighted by Gasteiger charge is 2.66. The fourth-order valence-corrected chi connectivity index (χ4v) is 18.6. The predicted molar refractivity (Wildman–Crippen MR) is 259 cm³/mol. The molecule has 0 radical (unpaired) electrons. The van der Waals surface area contributed by atoms with Gasteiger partial charge in [-0.15, -0.1) is 0 Å². The maximum Gasteiger partial charge on any atom is 0.323 e. The number of carboxylic acids is 2. The van der Waals surface area contributed by atoms with Crippen LogP contribution in [0.2, 0.25) is 0 Å². The van der Waals surface area contributed by atoms with Crippen LogP contribution in [0.3, 0.4) is 0 Å². The minimum atomic E-state index is -1.01. The predicted octanol–water partition coefficient (Wildman–Crippen LogP) is 7.23. The normalized spacial score (nSPS) is 45.6. The second-order valence-corrected chi connectivity index (χ2v) is 25.5.